The van der Waals surface area contributed by atoms with Gasteiger partial charge in [0, 0.05) is 17.6 Å². The summed E-state index contributed by atoms with van der Waals surface area (Å²) in [5.41, 5.74) is 1.50. The van der Waals surface area contributed by atoms with Gasteiger partial charge in [0.25, 0.3) is 0 Å². The van der Waals surface area contributed by atoms with E-state index in [0.717, 1.165) is 18.1 Å². The Balaban J connectivity index is 2.17. The molecule has 0 saturated heterocycles. The van der Waals surface area contributed by atoms with Crippen molar-refractivity contribution in [2.45, 2.75) is 32.1 Å². The van der Waals surface area contributed by atoms with E-state index in [1.54, 1.807) is 0 Å². The van der Waals surface area contributed by atoms with Crippen LogP contribution in [0, 0.1) is 17.6 Å². The number of aromatic nitrogens is 1. The van der Waals surface area contributed by atoms with E-state index in [1.807, 2.05) is 6.20 Å². The summed E-state index contributed by atoms with van der Waals surface area (Å²) in [7, 11) is 0. The fourth-order valence-electron chi connectivity index (χ4n) is 3.09. The van der Waals surface area contributed by atoms with Gasteiger partial charge >= 0.3 is 0 Å². The van der Waals surface area contributed by atoms with E-state index in [0.29, 0.717) is 22.7 Å². The summed E-state index contributed by atoms with van der Waals surface area (Å²) in [4.78, 5) is 2.94. The molecule has 0 spiro atoms. The lowest BCUT2D eigenvalue weighted by atomic mass is 9.90. The minimum atomic E-state index is -0.503. The number of fused-ring (bicyclic) bond motifs is 1. The van der Waals surface area contributed by atoms with E-state index in [-0.39, 0.29) is 0 Å². The number of H-pyrrole nitrogens is 1. The summed E-state index contributed by atoms with van der Waals surface area (Å²) in [5.74, 6) is 0.0312. The second-order valence-electron chi connectivity index (χ2n) is 5.07. The zero-order valence-electron chi connectivity index (χ0n) is 9.76. The second kappa shape index (κ2) is 3.83. The minimum Gasteiger partial charge on any atom is -0.359 e. The maximum absolute atomic E-state index is 13.6. The molecular weight excluding hydrogens is 220 g/mol. The number of aromatic amines is 1. The lowest BCUT2D eigenvalue weighted by Gasteiger charge is -2.14. The van der Waals surface area contributed by atoms with Crippen molar-refractivity contribution in [2.75, 3.05) is 0 Å². The van der Waals surface area contributed by atoms with Crippen molar-refractivity contribution in [1.29, 1.82) is 0 Å². The highest BCUT2D eigenvalue weighted by Crippen LogP contribution is 2.42. The lowest BCUT2D eigenvalue weighted by molar-refractivity contribution is 0.535. The van der Waals surface area contributed by atoms with Crippen LogP contribution in [0.1, 0.15) is 37.7 Å². The molecular formula is C14H15F2N. The lowest BCUT2D eigenvalue weighted by Crippen LogP contribution is -2.01. The highest BCUT2D eigenvalue weighted by molar-refractivity contribution is 5.84. The van der Waals surface area contributed by atoms with Crippen molar-refractivity contribution in [1.82, 2.24) is 4.98 Å². The van der Waals surface area contributed by atoms with Gasteiger partial charge in [-0.2, -0.15) is 0 Å². The molecule has 2 aromatic rings. The predicted molar refractivity (Wildman–Crippen MR) is 64.0 cm³/mol. The third kappa shape index (κ3) is 1.65. The van der Waals surface area contributed by atoms with Crippen molar-refractivity contribution in [3.8, 4) is 0 Å². The molecule has 0 aliphatic heterocycles. The first-order valence-corrected chi connectivity index (χ1v) is 6.13. The van der Waals surface area contributed by atoms with Crippen LogP contribution in [0.4, 0.5) is 8.78 Å². The molecule has 1 aromatic carbocycles. The smallest absolute Gasteiger partial charge is 0.150 e. The van der Waals surface area contributed by atoms with Crippen LogP contribution in [-0.4, -0.2) is 4.98 Å². The van der Waals surface area contributed by atoms with Crippen LogP contribution < -0.4 is 0 Å². The highest BCUT2D eigenvalue weighted by Gasteiger charge is 2.27. The molecule has 0 radical (unpaired) electrons. The maximum Gasteiger partial charge on any atom is 0.150 e. The van der Waals surface area contributed by atoms with Gasteiger partial charge in [-0.1, -0.05) is 19.8 Å². The molecule has 2 atom stereocenters. The minimum absolute atomic E-state index is 0.431. The molecule has 1 heterocycles. The van der Waals surface area contributed by atoms with Gasteiger partial charge in [-0.15, -0.1) is 0 Å². The highest BCUT2D eigenvalue weighted by atomic mass is 19.1. The summed E-state index contributed by atoms with van der Waals surface area (Å²) in [5, 5.41) is 0.709. The van der Waals surface area contributed by atoms with Crippen molar-refractivity contribution in [3.05, 3.63) is 35.5 Å². The average molecular weight is 235 g/mol. The Bertz CT molecular complexity index is 559. The van der Waals surface area contributed by atoms with E-state index < -0.39 is 11.6 Å². The Morgan fingerprint density at radius 3 is 2.76 bits per heavy atom. The van der Waals surface area contributed by atoms with E-state index in [2.05, 4.69) is 11.9 Å². The second-order valence-corrected chi connectivity index (χ2v) is 5.07. The molecule has 1 aliphatic rings. The Labute approximate surface area is 98.8 Å². The van der Waals surface area contributed by atoms with Crippen molar-refractivity contribution < 1.29 is 8.78 Å². The Morgan fingerprint density at radius 2 is 2.06 bits per heavy atom. The van der Waals surface area contributed by atoms with Crippen LogP contribution in [0.2, 0.25) is 0 Å². The molecule has 3 heteroatoms. The van der Waals surface area contributed by atoms with Gasteiger partial charge in [-0.3, -0.25) is 0 Å². The van der Waals surface area contributed by atoms with Gasteiger partial charge < -0.3 is 4.98 Å². The van der Waals surface area contributed by atoms with E-state index >= 15 is 0 Å². The van der Waals surface area contributed by atoms with Crippen molar-refractivity contribution in [3.63, 3.8) is 0 Å². The molecule has 1 saturated carbocycles. The monoisotopic (exact) mass is 235 g/mol. The molecule has 3 rings (SSSR count). The number of hydrogen-bond acceptors (Lipinski definition) is 0. The Kier molecular flexibility index (Phi) is 2.42. The van der Waals surface area contributed by atoms with Gasteiger partial charge in [0.05, 0.1) is 5.52 Å². The fraction of sp³-hybridized carbons (Fsp3) is 0.429. The first-order valence-electron chi connectivity index (χ1n) is 6.13. The molecule has 2 unspecified atom stereocenters. The first-order chi connectivity index (χ1) is 8.16. The van der Waals surface area contributed by atoms with Crippen LogP contribution in [-0.2, 0) is 0 Å². The fourth-order valence-corrected chi connectivity index (χ4v) is 3.09. The Hall–Kier alpha value is -1.38. The summed E-state index contributed by atoms with van der Waals surface area (Å²) in [6, 6.07) is 2.37. The molecule has 0 amide bonds. The zero-order chi connectivity index (χ0) is 12.0. The summed E-state index contributed by atoms with van der Waals surface area (Å²) in [6.45, 7) is 2.21. The largest absolute Gasteiger partial charge is 0.359 e. The average Bonchev–Trinajstić information content (AvgIpc) is 2.84. The normalized spacial score (nSPS) is 24.6. The molecule has 90 valence electrons. The predicted octanol–water partition coefficient (Wildman–Crippen LogP) is 4.35. The van der Waals surface area contributed by atoms with Gasteiger partial charge in [0.1, 0.15) is 11.6 Å². The molecule has 0 bridgehead atoms. The Morgan fingerprint density at radius 1 is 1.24 bits per heavy atom. The summed E-state index contributed by atoms with van der Waals surface area (Å²) >= 11 is 0. The summed E-state index contributed by atoms with van der Waals surface area (Å²) < 4.78 is 26.9. The number of hydrogen-bond donors (Lipinski definition) is 1. The molecule has 1 aliphatic carbocycles. The van der Waals surface area contributed by atoms with Crippen LogP contribution in [0.3, 0.4) is 0 Å². The SMILES string of the molecule is CC1CCCC1c1c[nH]c2c(F)cc(F)cc12. The van der Waals surface area contributed by atoms with Crippen LogP contribution in [0.5, 0.6) is 0 Å². The topological polar surface area (TPSA) is 15.8 Å². The number of halogens is 2. The molecule has 1 nitrogen and oxygen atoms in total. The van der Waals surface area contributed by atoms with E-state index in [4.69, 9.17) is 0 Å². The van der Waals surface area contributed by atoms with Crippen LogP contribution in [0.15, 0.2) is 18.3 Å². The van der Waals surface area contributed by atoms with E-state index in [1.165, 1.54) is 18.9 Å². The van der Waals surface area contributed by atoms with E-state index in [9.17, 15) is 8.78 Å². The number of rotatable bonds is 1. The van der Waals surface area contributed by atoms with Gasteiger partial charge in [0.2, 0.25) is 0 Å². The molecule has 1 fully saturated rings. The van der Waals surface area contributed by atoms with Gasteiger partial charge in [0.15, 0.2) is 0 Å². The summed E-state index contributed by atoms with van der Waals surface area (Å²) in [6.07, 6.45) is 5.37. The quantitative estimate of drug-likeness (QED) is 0.756. The van der Waals surface area contributed by atoms with Crippen LogP contribution in [0.25, 0.3) is 10.9 Å². The van der Waals surface area contributed by atoms with Crippen LogP contribution >= 0.6 is 0 Å². The standard InChI is InChI=1S/C14H15F2N/c1-8-3-2-4-10(8)12-7-17-14-11(12)5-9(15)6-13(14)16/h5-8,10,17H,2-4H2,1H3. The molecule has 17 heavy (non-hydrogen) atoms. The van der Waals surface area contributed by atoms with Crippen molar-refractivity contribution in [2.24, 2.45) is 5.92 Å². The van der Waals surface area contributed by atoms with Gasteiger partial charge in [-0.05, 0) is 29.9 Å². The zero-order valence-corrected chi connectivity index (χ0v) is 9.76. The van der Waals surface area contributed by atoms with Gasteiger partial charge in [-0.25, -0.2) is 8.78 Å². The maximum atomic E-state index is 13.6. The number of benzene rings is 1. The molecule has 1 aromatic heterocycles. The third-order valence-corrected chi connectivity index (χ3v) is 4.00. The molecule has 1 N–H and O–H groups in total. The van der Waals surface area contributed by atoms with Crippen molar-refractivity contribution >= 4 is 10.9 Å². The first kappa shape index (κ1) is 10.8. The number of nitrogens with one attached hydrogen (secondary N) is 1. The third-order valence-electron chi connectivity index (χ3n) is 4.00.